The summed E-state index contributed by atoms with van der Waals surface area (Å²) in [7, 11) is 0. The quantitative estimate of drug-likeness (QED) is 0.815. The molecule has 2 aliphatic rings. The van der Waals surface area contributed by atoms with Crippen LogP contribution in [0.3, 0.4) is 0 Å². The summed E-state index contributed by atoms with van der Waals surface area (Å²) in [6.45, 7) is 2.20. The van der Waals surface area contributed by atoms with Crippen molar-refractivity contribution in [3.05, 3.63) is 35.4 Å². The number of hydrogen-bond donors (Lipinski definition) is 1. The molecule has 0 aliphatic heterocycles. The summed E-state index contributed by atoms with van der Waals surface area (Å²) in [5, 5.41) is 10.5. The van der Waals surface area contributed by atoms with Crippen molar-refractivity contribution < 1.29 is 5.11 Å². The summed E-state index contributed by atoms with van der Waals surface area (Å²) in [5.74, 6) is 0.716. The first kappa shape index (κ1) is 10.3. The molecule has 0 amide bonds. The van der Waals surface area contributed by atoms with Gasteiger partial charge in [-0.3, -0.25) is 0 Å². The topological polar surface area (TPSA) is 20.2 Å². The van der Waals surface area contributed by atoms with Gasteiger partial charge in [-0.15, -0.1) is 0 Å². The van der Waals surface area contributed by atoms with E-state index in [0.29, 0.717) is 5.92 Å². The van der Waals surface area contributed by atoms with Gasteiger partial charge in [0.1, 0.15) is 0 Å². The van der Waals surface area contributed by atoms with Crippen LogP contribution in [-0.2, 0) is 0 Å². The Kier molecular flexibility index (Phi) is 2.32. The number of hydrogen-bond acceptors (Lipinski definition) is 1. The average Bonchev–Trinajstić information content (AvgIpc) is 2.95. The Morgan fingerprint density at radius 1 is 1.25 bits per heavy atom. The van der Waals surface area contributed by atoms with E-state index in [-0.39, 0.29) is 11.5 Å². The van der Waals surface area contributed by atoms with Gasteiger partial charge in [0.15, 0.2) is 0 Å². The predicted octanol–water partition coefficient (Wildman–Crippen LogP) is 3.79. The van der Waals surface area contributed by atoms with Gasteiger partial charge >= 0.3 is 0 Å². The minimum atomic E-state index is -0.246. The van der Waals surface area contributed by atoms with Crippen LogP contribution in [0.2, 0.25) is 0 Å². The van der Waals surface area contributed by atoms with Crippen molar-refractivity contribution in [1.82, 2.24) is 0 Å². The molecular formula is C15H20O. The van der Waals surface area contributed by atoms with Gasteiger partial charge in [-0.1, -0.05) is 37.6 Å². The number of aliphatic hydroxyl groups excluding tert-OH is 1. The molecule has 1 aromatic rings. The van der Waals surface area contributed by atoms with Gasteiger partial charge in [-0.05, 0) is 48.1 Å². The van der Waals surface area contributed by atoms with Gasteiger partial charge in [0, 0.05) is 0 Å². The average molecular weight is 216 g/mol. The SMILES string of the molecule is CC1(C(O)c2ccccc2C2CCC2)CC1. The number of rotatable bonds is 3. The van der Waals surface area contributed by atoms with Crippen molar-refractivity contribution in [3.63, 3.8) is 0 Å². The van der Waals surface area contributed by atoms with E-state index in [1.54, 1.807) is 0 Å². The third kappa shape index (κ3) is 1.58. The number of aliphatic hydroxyl groups is 1. The predicted molar refractivity (Wildman–Crippen MR) is 65.3 cm³/mol. The van der Waals surface area contributed by atoms with Crippen LogP contribution in [0.5, 0.6) is 0 Å². The molecule has 1 heteroatoms. The molecule has 0 radical (unpaired) electrons. The Labute approximate surface area is 97.5 Å². The molecule has 2 aliphatic carbocycles. The smallest absolute Gasteiger partial charge is 0.0846 e. The zero-order chi connectivity index (χ0) is 11.2. The molecule has 1 aromatic carbocycles. The zero-order valence-electron chi connectivity index (χ0n) is 9.95. The van der Waals surface area contributed by atoms with E-state index < -0.39 is 0 Å². The lowest BCUT2D eigenvalue weighted by molar-refractivity contribution is 0.102. The second-order valence-corrected chi connectivity index (χ2v) is 5.81. The molecule has 1 nitrogen and oxygen atoms in total. The highest BCUT2D eigenvalue weighted by molar-refractivity contribution is 5.35. The van der Waals surface area contributed by atoms with E-state index in [0.717, 1.165) is 0 Å². The second kappa shape index (κ2) is 3.59. The Balaban J connectivity index is 1.92. The fourth-order valence-corrected chi connectivity index (χ4v) is 2.70. The Hall–Kier alpha value is -0.820. The van der Waals surface area contributed by atoms with Crippen molar-refractivity contribution in [2.24, 2.45) is 5.41 Å². The third-order valence-electron chi connectivity index (χ3n) is 4.53. The fourth-order valence-electron chi connectivity index (χ4n) is 2.70. The number of benzene rings is 1. The summed E-state index contributed by atoms with van der Waals surface area (Å²) in [5.41, 5.74) is 2.78. The molecule has 2 saturated carbocycles. The van der Waals surface area contributed by atoms with Crippen molar-refractivity contribution >= 4 is 0 Å². The highest BCUT2D eigenvalue weighted by atomic mass is 16.3. The highest BCUT2D eigenvalue weighted by Crippen LogP contribution is 2.55. The summed E-state index contributed by atoms with van der Waals surface area (Å²) in [6.07, 6.45) is 6.07. The molecule has 0 aromatic heterocycles. The molecule has 0 bridgehead atoms. The largest absolute Gasteiger partial charge is 0.388 e. The molecule has 2 fully saturated rings. The molecule has 0 spiro atoms. The molecule has 0 saturated heterocycles. The van der Waals surface area contributed by atoms with E-state index in [1.807, 2.05) is 0 Å². The van der Waals surface area contributed by atoms with Gasteiger partial charge in [0.25, 0.3) is 0 Å². The molecule has 3 rings (SSSR count). The monoisotopic (exact) mass is 216 g/mol. The molecule has 0 heterocycles. The summed E-state index contributed by atoms with van der Waals surface area (Å²) < 4.78 is 0. The molecular weight excluding hydrogens is 196 g/mol. The van der Waals surface area contributed by atoms with E-state index in [2.05, 4.69) is 31.2 Å². The molecule has 16 heavy (non-hydrogen) atoms. The molecule has 86 valence electrons. The normalized spacial score (nSPS) is 24.9. The van der Waals surface area contributed by atoms with Crippen LogP contribution >= 0.6 is 0 Å². The van der Waals surface area contributed by atoms with E-state index in [1.165, 1.54) is 43.2 Å². The van der Waals surface area contributed by atoms with Crippen molar-refractivity contribution in [2.75, 3.05) is 0 Å². The van der Waals surface area contributed by atoms with Crippen LogP contribution in [0.1, 0.15) is 62.2 Å². The lowest BCUT2D eigenvalue weighted by atomic mass is 9.76. The van der Waals surface area contributed by atoms with Crippen LogP contribution in [-0.4, -0.2) is 5.11 Å². The maximum absolute atomic E-state index is 10.5. The maximum Gasteiger partial charge on any atom is 0.0846 e. The maximum atomic E-state index is 10.5. The summed E-state index contributed by atoms with van der Waals surface area (Å²) in [6, 6.07) is 8.52. The first-order chi connectivity index (χ1) is 7.71. The van der Waals surface area contributed by atoms with E-state index >= 15 is 0 Å². The summed E-state index contributed by atoms with van der Waals surface area (Å²) >= 11 is 0. The minimum Gasteiger partial charge on any atom is -0.388 e. The zero-order valence-corrected chi connectivity index (χ0v) is 9.95. The highest BCUT2D eigenvalue weighted by Gasteiger charge is 2.45. The Morgan fingerprint density at radius 3 is 2.50 bits per heavy atom. The van der Waals surface area contributed by atoms with Crippen LogP contribution in [0.15, 0.2) is 24.3 Å². The van der Waals surface area contributed by atoms with Gasteiger partial charge in [0.2, 0.25) is 0 Å². The van der Waals surface area contributed by atoms with Crippen LogP contribution < -0.4 is 0 Å². The third-order valence-corrected chi connectivity index (χ3v) is 4.53. The Bertz CT molecular complexity index is 388. The minimum absolute atomic E-state index is 0.167. The molecule has 1 unspecified atom stereocenters. The van der Waals surface area contributed by atoms with Crippen LogP contribution in [0, 0.1) is 5.41 Å². The fraction of sp³-hybridized carbons (Fsp3) is 0.600. The second-order valence-electron chi connectivity index (χ2n) is 5.81. The van der Waals surface area contributed by atoms with Gasteiger partial charge < -0.3 is 5.11 Å². The summed E-state index contributed by atoms with van der Waals surface area (Å²) in [4.78, 5) is 0. The van der Waals surface area contributed by atoms with Crippen molar-refractivity contribution in [3.8, 4) is 0 Å². The molecule has 1 atom stereocenters. The van der Waals surface area contributed by atoms with Gasteiger partial charge in [-0.25, -0.2) is 0 Å². The van der Waals surface area contributed by atoms with Crippen molar-refractivity contribution in [1.29, 1.82) is 0 Å². The van der Waals surface area contributed by atoms with Crippen LogP contribution in [0.4, 0.5) is 0 Å². The van der Waals surface area contributed by atoms with E-state index in [4.69, 9.17) is 0 Å². The van der Waals surface area contributed by atoms with E-state index in [9.17, 15) is 5.11 Å². The Morgan fingerprint density at radius 2 is 1.94 bits per heavy atom. The van der Waals surface area contributed by atoms with Gasteiger partial charge in [-0.2, -0.15) is 0 Å². The van der Waals surface area contributed by atoms with Crippen LogP contribution in [0.25, 0.3) is 0 Å². The standard InChI is InChI=1S/C15H20O/c1-15(9-10-15)14(16)13-8-3-2-7-12(13)11-5-4-6-11/h2-3,7-8,11,14,16H,4-6,9-10H2,1H3. The lowest BCUT2D eigenvalue weighted by Crippen LogP contribution is -2.16. The first-order valence-electron chi connectivity index (χ1n) is 6.48. The first-order valence-corrected chi connectivity index (χ1v) is 6.48. The van der Waals surface area contributed by atoms with Gasteiger partial charge in [0.05, 0.1) is 6.10 Å². The lowest BCUT2D eigenvalue weighted by Gasteiger charge is -2.30. The molecule has 1 N–H and O–H groups in total. The van der Waals surface area contributed by atoms with Crippen molar-refractivity contribution in [2.45, 2.75) is 51.0 Å².